The summed E-state index contributed by atoms with van der Waals surface area (Å²) in [5, 5.41) is 12.0. The summed E-state index contributed by atoms with van der Waals surface area (Å²) in [7, 11) is 3.19. The second kappa shape index (κ2) is 6.10. The zero-order valence-corrected chi connectivity index (χ0v) is 11.7. The number of rotatable bonds is 6. The molecule has 0 fully saturated rings. The summed E-state index contributed by atoms with van der Waals surface area (Å²) >= 11 is 0. The van der Waals surface area contributed by atoms with Crippen LogP contribution in [0.4, 0.5) is 10.2 Å². The van der Waals surface area contributed by atoms with E-state index in [1.54, 1.807) is 25.1 Å². The standard InChI is InChI=1S/C12H18FN5O2/c1-7(4-8(5-19)20-3)18-6-15-9-10(14-2)16-12(13)17-11(9)18/h6-8,19H,4-5H2,1-3H3,(H,14,16,17)/t7-,8?/m0/s1. The molecule has 0 aromatic carbocycles. The topological polar surface area (TPSA) is 85.1 Å². The molecule has 110 valence electrons. The van der Waals surface area contributed by atoms with Gasteiger partial charge in [-0.15, -0.1) is 0 Å². The monoisotopic (exact) mass is 283 g/mol. The summed E-state index contributed by atoms with van der Waals surface area (Å²) in [6, 6.07) is -0.0453. The van der Waals surface area contributed by atoms with Crippen LogP contribution in [0.25, 0.3) is 11.2 Å². The van der Waals surface area contributed by atoms with Gasteiger partial charge in [0.2, 0.25) is 0 Å². The fourth-order valence-corrected chi connectivity index (χ4v) is 2.13. The van der Waals surface area contributed by atoms with Gasteiger partial charge in [0.15, 0.2) is 17.0 Å². The van der Waals surface area contributed by atoms with Crippen molar-refractivity contribution in [2.75, 3.05) is 26.1 Å². The predicted octanol–water partition coefficient (Wildman–Crippen LogP) is 0.965. The van der Waals surface area contributed by atoms with Crippen molar-refractivity contribution in [1.82, 2.24) is 19.5 Å². The highest BCUT2D eigenvalue weighted by Gasteiger charge is 2.18. The second-order valence-corrected chi connectivity index (χ2v) is 4.54. The lowest BCUT2D eigenvalue weighted by Crippen LogP contribution is -2.20. The molecule has 2 aromatic rings. The normalized spacial score (nSPS) is 14.4. The molecule has 0 bridgehead atoms. The summed E-state index contributed by atoms with van der Waals surface area (Å²) in [6.45, 7) is 1.86. The molecular weight excluding hydrogens is 265 g/mol. The largest absolute Gasteiger partial charge is 0.394 e. The van der Waals surface area contributed by atoms with Gasteiger partial charge in [0.1, 0.15) is 0 Å². The first kappa shape index (κ1) is 14.6. The Morgan fingerprint density at radius 3 is 2.85 bits per heavy atom. The number of aliphatic hydroxyl groups excluding tert-OH is 1. The molecule has 8 heteroatoms. The minimum absolute atomic E-state index is 0.0453. The van der Waals surface area contributed by atoms with Gasteiger partial charge in [-0.1, -0.05) is 0 Å². The lowest BCUT2D eigenvalue weighted by Gasteiger charge is -2.19. The number of halogens is 1. The van der Waals surface area contributed by atoms with Gasteiger partial charge < -0.3 is 19.7 Å². The quantitative estimate of drug-likeness (QED) is 0.768. The maximum atomic E-state index is 13.4. The van der Waals surface area contributed by atoms with Crippen molar-refractivity contribution < 1.29 is 14.2 Å². The third kappa shape index (κ3) is 2.70. The van der Waals surface area contributed by atoms with E-state index in [4.69, 9.17) is 9.84 Å². The van der Waals surface area contributed by atoms with Crippen LogP contribution in [0.3, 0.4) is 0 Å². The molecule has 2 aromatic heterocycles. The molecule has 0 aliphatic carbocycles. The summed E-state index contributed by atoms with van der Waals surface area (Å²) in [5.41, 5.74) is 0.931. The van der Waals surface area contributed by atoms with Crippen molar-refractivity contribution in [3.63, 3.8) is 0 Å². The van der Waals surface area contributed by atoms with E-state index < -0.39 is 6.08 Å². The number of fused-ring (bicyclic) bond motifs is 1. The van der Waals surface area contributed by atoms with Crippen LogP contribution in [-0.2, 0) is 4.74 Å². The Labute approximate surface area is 115 Å². The van der Waals surface area contributed by atoms with Crippen LogP contribution < -0.4 is 5.32 Å². The number of imidazole rings is 1. The molecule has 0 saturated heterocycles. The third-order valence-electron chi connectivity index (χ3n) is 3.25. The van der Waals surface area contributed by atoms with Crippen LogP contribution in [0.1, 0.15) is 19.4 Å². The lowest BCUT2D eigenvalue weighted by molar-refractivity contribution is 0.0348. The van der Waals surface area contributed by atoms with Crippen molar-refractivity contribution in [2.24, 2.45) is 0 Å². The molecule has 0 amide bonds. The second-order valence-electron chi connectivity index (χ2n) is 4.54. The highest BCUT2D eigenvalue weighted by Crippen LogP contribution is 2.23. The van der Waals surface area contributed by atoms with Crippen molar-refractivity contribution in [2.45, 2.75) is 25.5 Å². The number of methoxy groups -OCH3 is 1. The number of anilines is 1. The molecule has 2 heterocycles. The summed E-state index contributed by atoms with van der Waals surface area (Å²) < 4.78 is 20.3. The highest BCUT2D eigenvalue weighted by molar-refractivity contribution is 5.82. The van der Waals surface area contributed by atoms with Crippen molar-refractivity contribution >= 4 is 17.0 Å². The van der Waals surface area contributed by atoms with Gasteiger partial charge in [-0.05, 0) is 13.3 Å². The van der Waals surface area contributed by atoms with Crippen molar-refractivity contribution in [3.8, 4) is 0 Å². The van der Waals surface area contributed by atoms with E-state index in [9.17, 15) is 4.39 Å². The average molecular weight is 283 g/mol. The van der Waals surface area contributed by atoms with Crippen molar-refractivity contribution in [1.29, 1.82) is 0 Å². The van der Waals surface area contributed by atoms with Crippen LogP contribution in [0.5, 0.6) is 0 Å². The number of hydrogen-bond acceptors (Lipinski definition) is 6. The SMILES string of the molecule is CNc1nc(F)nc2c1ncn2[C@@H](C)CC(CO)OC. The van der Waals surface area contributed by atoms with Crippen LogP contribution in [0.2, 0.25) is 0 Å². The van der Waals surface area contributed by atoms with Crippen LogP contribution in [-0.4, -0.2) is 51.5 Å². The van der Waals surface area contributed by atoms with Crippen molar-refractivity contribution in [3.05, 3.63) is 12.4 Å². The molecule has 7 nitrogen and oxygen atoms in total. The average Bonchev–Trinajstić information content (AvgIpc) is 2.87. The number of hydrogen-bond donors (Lipinski definition) is 2. The fraction of sp³-hybridized carbons (Fsp3) is 0.583. The van der Waals surface area contributed by atoms with E-state index in [0.717, 1.165) is 0 Å². The van der Waals surface area contributed by atoms with E-state index in [1.165, 1.54) is 0 Å². The first-order valence-corrected chi connectivity index (χ1v) is 6.32. The lowest BCUT2D eigenvalue weighted by atomic mass is 10.1. The zero-order chi connectivity index (χ0) is 14.7. The van der Waals surface area contributed by atoms with E-state index in [1.807, 2.05) is 6.92 Å². The Bertz CT molecular complexity index is 584. The van der Waals surface area contributed by atoms with Gasteiger partial charge in [0, 0.05) is 20.2 Å². The minimum Gasteiger partial charge on any atom is -0.394 e. The summed E-state index contributed by atoms with van der Waals surface area (Å²) in [5.74, 6) is 0.351. The van der Waals surface area contributed by atoms with Gasteiger partial charge in [-0.3, -0.25) is 0 Å². The molecule has 2 atom stereocenters. The molecule has 2 N–H and O–H groups in total. The summed E-state index contributed by atoms with van der Waals surface area (Å²) in [4.78, 5) is 11.7. The molecule has 20 heavy (non-hydrogen) atoms. The van der Waals surface area contributed by atoms with Gasteiger partial charge in [0.05, 0.1) is 19.0 Å². The zero-order valence-electron chi connectivity index (χ0n) is 11.7. The van der Waals surface area contributed by atoms with Gasteiger partial charge in [0.25, 0.3) is 0 Å². The molecule has 0 radical (unpaired) electrons. The van der Waals surface area contributed by atoms with Gasteiger partial charge in [-0.2, -0.15) is 14.4 Å². The van der Waals surface area contributed by atoms with Gasteiger partial charge >= 0.3 is 6.08 Å². The Balaban J connectivity index is 2.37. The Morgan fingerprint density at radius 1 is 1.50 bits per heavy atom. The fourth-order valence-electron chi connectivity index (χ4n) is 2.13. The van der Waals surface area contributed by atoms with E-state index in [2.05, 4.69) is 20.3 Å². The summed E-state index contributed by atoms with van der Waals surface area (Å²) in [6.07, 6.45) is 1.08. The number of nitrogens with one attached hydrogen (secondary N) is 1. The molecule has 2 rings (SSSR count). The molecular formula is C12H18FN5O2. The number of aliphatic hydroxyl groups is 1. The Kier molecular flexibility index (Phi) is 4.46. The maximum Gasteiger partial charge on any atom is 0.312 e. The highest BCUT2D eigenvalue weighted by atomic mass is 19.1. The molecule has 0 aliphatic rings. The molecule has 0 aliphatic heterocycles. The maximum absolute atomic E-state index is 13.4. The van der Waals surface area contributed by atoms with Crippen LogP contribution in [0.15, 0.2) is 6.33 Å². The van der Waals surface area contributed by atoms with Gasteiger partial charge in [-0.25, -0.2) is 4.98 Å². The molecule has 1 unspecified atom stereocenters. The Morgan fingerprint density at radius 2 is 2.25 bits per heavy atom. The minimum atomic E-state index is -0.804. The predicted molar refractivity (Wildman–Crippen MR) is 72.0 cm³/mol. The first-order valence-electron chi connectivity index (χ1n) is 6.32. The molecule has 0 spiro atoms. The molecule has 0 saturated carbocycles. The first-order chi connectivity index (χ1) is 9.60. The van der Waals surface area contributed by atoms with E-state index in [-0.39, 0.29) is 18.8 Å². The van der Waals surface area contributed by atoms with E-state index >= 15 is 0 Å². The third-order valence-corrected chi connectivity index (χ3v) is 3.25. The Hall–Kier alpha value is -1.80. The smallest absolute Gasteiger partial charge is 0.312 e. The number of aromatic nitrogens is 4. The number of ether oxygens (including phenoxy) is 1. The van der Waals surface area contributed by atoms with E-state index in [0.29, 0.717) is 23.4 Å². The number of nitrogens with zero attached hydrogens (tertiary/aromatic N) is 4. The van der Waals surface area contributed by atoms with Crippen LogP contribution in [0, 0.1) is 6.08 Å². The van der Waals surface area contributed by atoms with Crippen LogP contribution >= 0.6 is 0 Å².